The van der Waals surface area contributed by atoms with E-state index in [-0.39, 0.29) is 23.6 Å². The van der Waals surface area contributed by atoms with Gasteiger partial charge in [0.1, 0.15) is 0 Å². The van der Waals surface area contributed by atoms with Gasteiger partial charge in [0.15, 0.2) is 0 Å². The van der Waals surface area contributed by atoms with Crippen LogP contribution < -0.4 is 0 Å². The van der Waals surface area contributed by atoms with Crippen LogP contribution in [-0.4, -0.2) is 31.6 Å². The zero-order valence-electron chi connectivity index (χ0n) is 15.3. The molecule has 0 bridgehead atoms. The molecule has 2 aromatic rings. The molecule has 2 aromatic carbocycles. The second kappa shape index (κ2) is 9.14. The summed E-state index contributed by atoms with van der Waals surface area (Å²) in [6.07, 6.45) is 1.12. The second-order valence-electron chi connectivity index (χ2n) is 5.76. The van der Waals surface area contributed by atoms with Crippen LogP contribution in [0.1, 0.15) is 24.5 Å². The first-order chi connectivity index (χ1) is 12.8. The van der Waals surface area contributed by atoms with Crippen molar-refractivity contribution in [1.82, 2.24) is 4.41 Å². The van der Waals surface area contributed by atoms with Gasteiger partial charge >= 0.3 is 5.97 Å². The van der Waals surface area contributed by atoms with Crippen molar-refractivity contribution in [3.63, 3.8) is 0 Å². The van der Waals surface area contributed by atoms with Crippen molar-refractivity contribution in [3.8, 4) is 0 Å². The molecule has 0 N–H and O–H groups in total. The molecule has 6 nitrogen and oxygen atoms in total. The predicted octanol–water partition coefficient (Wildman–Crippen LogP) is 3.49. The van der Waals surface area contributed by atoms with Crippen molar-refractivity contribution in [3.05, 3.63) is 78.0 Å². The minimum absolute atomic E-state index is 0.00112. The highest BCUT2D eigenvalue weighted by Crippen LogP contribution is 2.22. The number of ether oxygens (including phenoxy) is 1. The Labute approximate surface area is 159 Å². The summed E-state index contributed by atoms with van der Waals surface area (Å²) in [5, 5.41) is 4.09. The molecule has 0 aliphatic carbocycles. The summed E-state index contributed by atoms with van der Waals surface area (Å²) in [7, 11) is -4.02. The summed E-state index contributed by atoms with van der Waals surface area (Å²) in [5.74, 6) is -0.568. The maximum atomic E-state index is 13.0. The summed E-state index contributed by atoms with van der Waals surface area (Å²) in [5.41, 5.74) is 1.64. The number of hydrazone groups is 1. The molecular weight excluding hydrogens is 364 g/mol. The van der Waals surface area contributed by atoms with Gasteiger partial charge in [-0.15, -0.1) is 0 Å². The van der Waals surface area contributed by atoms with E-state index in [4.69, 9.17) is 4.74 Å². The Morgan fingerprint density at radius 1 is 1.15 bits per heavy atom. The number of aryl methyl sites for hydroxylation is 1. The van der Waals surface area contributed by atoms with Crippen LogP contribution in [0, 0.1) is 6.92 Å². The lowest BCUT2D eigenvalue weighted by atomic mass is 10.2. The topological polar surface area (TPSA) is 76.0 Å². The van der Waals surface area contributed by atoms with Gasteiger partial charge in [0, 0.05) is 0 Å². The summed E-state index contributed by atoms with van der Waals surface area (Å²) in [6.45, 7) is 7.47. The van der Waals surface area contributed by atoms with Gasteiger partial charge in [-0.1, -0.05) is 54.6 Å². The van der Waals surface area contributed by atoms with Crippen LogP contribution >= 0.6 is 0 Å². The average Bonchev–Trinajstić information content (AvgIpc) is 2.63. The van der Waals surface area contributed by atoms with Crippen molar-refractivity contribution in [1.29, 1.82) is 0 Å². The van der Waals surface area contributed by atoms with Crippen LogP contribution in [-0.2, 0) is 19.6 Å². The maximum absolute atomic E-state index is 13.0. The van der Waals surface area contributed by atoms with Crippen molar-refractivity contribution in [2.24, 2.45) is 5.10 Å². The standard InChI is InChI=1S/C20H22N2O4S/c1-4-26-20(23)14-17(3)22(21-15-18-8-6-5-7-9-18)27(24,25)19-12-10-16(2)11-13-19/h5-13,15H,3-4,14H2,1-2H3/b21-15+. The maximum Gasteiger partial charge on any atom is 0.311 e. The molecule has 0 heterocycles. The Hall–Kier alpha value is -2.93. The molecule has 2 rings (SSSR count). The molecule has 0 saturated carbocycles. The van der Waals surface area contributed by atoms with Gasteiger partial charge in [0.2, 0.25) is 0 Å². The molecule has 0 amide bonds. The smallest absolute Gasteiger partial charge is 0.311 e. The number of nitrogens with zero attached hydrogens (tertiary/aromatic N) is 2. The minimum Gasteiger partial charge on any atom is -0.466 e. The number of carbonyl (C=O) groups excluding carboxylic acids is 1. The molecule has 0 aromatic heterocycles. The van der Waals surface area contributed by atoms with Crippen LogP contribution in [0.25, 0.3) is 0 Å². The van der Waals surface area contributed by atoms with E-state index in [1.807, 2.05) is 25.1 Å². The lowest BCUT2D eigenvalue weighted by Gasteiger charge is -2.21. The largest absolute Gasteiger partial charge is 0.466 e. The molecule has 0 fully saturated rings. The Morgan fingerprint density at radius 2 is 1.78 bits per heavy atom. The summed E-state index contributed by atoms with van der Waals surface area (Å²) in [6, 6.07) is 15.4. The Morgan fingerprint density at radius 3 is 2.37 bits per heavy atom. The van der Waals surface area contributed by atoms with Gasteiger partial charge in [0.05, 0.1) is 29.8 Å². The molecule has 0 atom stereocenters. The first kappa shape index (κ1) is 20.4. The van der Waals surface area contributed by atoms with Gasteiger partial charge in [0.25, 0.3) is 10.0 Å². The molecule has 0 aliphatic rings. The van der Waals surface area contributed by atoms with Crippen LogP contribution in [0.3, 0.4) is 0 Å². The summed E-state index contributed by atoms with van der Waals surface area (Å²) in [4.78, 5) is 11.8. The molecular formula is C20H22N2O4S. The lowest BCUT2D eigenvalue weighted by Crippen LogP contribution is -2.27. The molecule has 27 heavy (non-hydrogen) atoms. The van der Waals surface area contributed by atoms with Crippen LogP contribution in [0.2, 0.25) is 0 Å². The van der Waals surface area contributed by atoms with E-state index >= 15 is 0 Å². The number of esters is 1. The molecule has 0 saturated heterocycles. The molecule has 0 unspecified atom stereocenters. The first-order valence-corrected chi connectivity index (χ1v) is 9.83. The fraction of sp³-hybridized carbons (Fsp3) is 0.200. The SMILES string of the molecule is C=C(CC(=O)OCC)N(/N=C/c1ccccc1)S(=O)(=O)c1ccc(C)cc1. The fourth-order valence-corrected chi connectivity index (χ4v) is 3.48. The quantitative estimate of drug-likeness (QED) is 0.395. The number of benzene rings is 2. The highest BCUT2D eigenvalue weighted by Gasteiger charge is 2.27. The number of sulfonamides is 1. The molecule has 0 spiro atoms. The van der Waals surface area contributed by atoms with Crippen molar-refractivity contribution in [2.75, 3.05) is 6.61 Å². The third-order valence-corrected chi connectivity index (χ3v) is 5.26. The molecule has 7 heteroatoms. The molecule has 0 aliphatic heterocycles. The van der Waals surface area contributed by atoms with Crippen molar-refractivity contribution < 1.29 is 17.9 Å². The van der Waals surface area contributed by atoms with E-state index in [2.05, 4.69) is 11.7 Å². The fourth-order valence-electron chi connectivity index (χ4n) is 2.23. The van der Waals surface area contributed by atoms with Crippen molar-refractivity contribution in [2.45, 2.75) is 25.2 Å². The first-order valence-electron chi connectivity index (χ1n) is 8.39. The predicted molar refractivity (Wildman–Crippen MR) is 105 cm³/mol. The Balaban J connectivity index is 2.38. The third-order valence-electron chi connectivity index (χ3n) is 3.58. The average molecular weight is 386 g/mol. The van der Waals surface area contributed by atoms with E-state index in [0.717, 1.165) is 9.98 Å². The molecule has 142 valence electrons. The zero-order valence-corrected chi connectivity index (χ0v) is 16.1. The summed E-state index contributed by atoms with van der Waals surface area (Å²) >= 11 is 0. The van der Waals surface area contributed by atoms with E-state index in [9.17, 15) is 13.2 Å². The van der Waals surface area contributed by atoms with Crippen LogP contribution in [0.15, 0.2) is 76.9 Å². The third kappa shape index (κ3) is 5.52. The molecule has 0 radical (unpaired) electrons. The van der Waals surface area contributed by atoms with Gasteiger partial charge in [-0.25, -0.2) is 0 Å². The zero-order chi connectivity index (χ0) is 19.9. The van der Waals surface area contributed by atoms with E-state index < -0.39 is 16.0 Å². The highest BCUT2D eigenvalue weighted by atomic mass is 32.2. The van der Waals surface area contributed by atoms with Gasteiger partial charge in [-0.3, -0.25) is 4.79 Å². The van der Waals surface area contributed by atoms with Gasteiger partial charge in [-0.05, 0) is 31.5 Å². The monoisotopic (exact) mass is 386 g/mol. The van der Waals surface area contributed by atoms with Gasteiger partial charge < -0.3 is 4.74 Å². The lowest BCUT2D eigenvalue weighted by molar-refractivity contribution is -0.142. The normalized spacial score (nSPS) is 11.3. The number of carbonyl (C=O) groups is 1. The number of hydrogen-bond donors (Lipinski definition) is 0. The second-order valence-corrected chi connectivity index (χ2v) is 7.53. The highest BCUT2D eigenvalue weighted by molar-refractivity contribution is 7.89. The van der Waals surface area contributed by atoms with E-state index in [1.165, 1.54) is 18.3 Å². The van der Waals surface area contributed by atoms with Crippen molar-refractivity contribution >= 4 is 22.2 Å². The Bertz CT molecular complexity index is 920. The van der Waals surface area contributed by atoms with E-state index in [1.54, 1.807) is 31.2 Å². The summed E-state index contributed by atoms with van der Waals surface area (Å²) < 4.78 is 31.8. The number of rotatable bonds is 8. The number of hydrogen-bond acceptors (Lipinski definition) is 5. The van der Waals surface area contributed by atoms with Gasteiger partial charge in [-0.2, -0.15) is 17.9 Å². The van der Waals surface area contributed by atoms with Crippen LogP contribution in [0.4, 0.5) is 0 Å². The van der Waals surface area contributed by atoms with E-state index in [0.29, 0.717) is 5.56 Å². The van der Waals surface area contributed by atoms with Crippen LogP contribution in [0.5, 0.6) is 0 Å². The minimum atomic E-state index is -4.02. The Kier molecular flexibility index (Phi) is 6.90.